The van der Waals surface area contributed by atoms with Gasteiger partial charge in [0.05, 0.1) is 5.69 Å². The van der Waals surface area contributed by atoms with E-state index in [1.54, 1.807) is 0 Å². The molecule has 2 aromatic heterocycles. The summed E-state index contributed by atoms with van der Waals surface area (Å²) in [5, 5.41) is 0.423. The summed E-state index contributed by atoms with van der Waals surface area (Å²) in [7, 11) is 0. The molecule has 102 valence electrons. The molecule has 0 aliphatic heterocycles. The number of halogens is 4. The molecule has 0 amide bonds. The topological polar surface area (TPSA) is 25.8 Å². The highest BCUT2D eigenvalue weighted by atomic mass is 35.5. The van der Waals surface area contributed by atoms with Gasteiger partial charge in [0.25, 0.3) is 0 Å². The van der Waals surface area contributed by atoms with Crippen LogP contribution in [-0.4, -0.2) is 9.97 Å². The first kappa shape index (κ1) is 14.3. The van der Waals surface area contributed by atoms with Crippen LogP contribution in [0.2, 0.25) is 5.15 Å². The molecule has 19 heavy (non-hydrogen) atoms. The van der Waals surface area contributed by atoms with E-state index < -0.39 is 11.9 Å². The van der Waals surface area contributed by atoms with Gasteiger partial charge in [-0.05, 0) is 25.5 Å². The van der Waals surface area contributed by atoms with Crippen LogP contribution in [0.1, 0.15) is 23.2 Å². The van der Waals surface area contributed by atoms with Gasteiger partial charge in [-0.1, -0.05) is 18.5 Å². The Hall–Kier alpha value is -1.14. The minimum Gasteiger partial charge on any atom is -0.241 e. The van der Waals surface area contributed by atoms with Gasteiger partial charge >= 0.3 is 6.18 Å². The molecule has 0 bridgehead atoms. The standard InChI is InChI=1S/C12H10ClF3N2S/c1-3-8-6(2)17-11(19-8)7-4-5-9(12(14,15)16)18-10(7)13/h4-5H,3H2,1-2H3. The Morgan fingerprint density at radius 1 is 1.26 bits per heavy atom. The Morgan fingerprint density at radius 3 is 2.42 bits per heavy atom. The van der Waals surface area contributed by atoms with E-state index >= 15 is 0 Å². The van der Waals surface area contributed by atoms with Crippen LogP contribution < -0.4 is 0 Å². The zero-order chi connectivity index (χ0) is 14.2. The van der Waals surface area contributed by atoms with Gasteiger partial charge < -0.3 is 0 Å². The van der Waals surface area contributed by atoms with Crippen molar-refractivity contribution in [1.82, 2.24) is 9.97 Å². The number of rotatable bonds is 2. The highest BCUT2D eigenvalue weighted by Gasteiger charge is 2.33. The third kappa shape index (κ3) is 2.90. The fraction of sp³-hybridized carbons (Fsp3) is 0.333. The largest absolute Gasteiger partial charge is 0.433 e. The molecular weight excluding hydrogens is 297 g/mol. The van der Waals surface area contributed by atoms with Crippen LogP contribution in [0, 0.1) is 6.92 Å². The summed E-state index contributed by atoms with van der Waals surface area (Å²) < 4.78 is 37.5. The smallest absolute Gasteiger partial charge is 0.241 e. The molecular formula is C12H10ClF3N2S. The third-order valence-corrected chi connectivity index (χ3v) is 4.21. The first-order valence-corrected chi connectivity index (χ1v) is 6.72. The van der Waals surface area contributed by atoms with E-state index in [4.69, 9.17) is 11.6 Å². The molecule has 0 aromatic carbocycles. The van der Waals surface area contributed by atoms with Crippen molar-refractivity contribution in [2.45, 2.75) is 26.4 Å². The van der Waals surface area contributed by atoms with Gasteiger partial charge in [-0.3, -0.25) is 0 Å². The SMILES string of the molecule is CCc1sc(-c2ccc(C(F)(F)F)nc2Cl)nc1C. The molecule has 0 unspecified atom stereocenters. The van der Waals surface area contributed by atoms with Crippen LogP contribution in [-0.2, 0) is 12.6 Å². The third-order valence-electron chi connectivity index (χ3n) is 2.58. The molecule has 0 N–H and O–H groups in total. The van der Waals surface area contributed by atoms with Crippen LogP contribution in [0.5, 0.6) is 0 Å². The van der Waals surface area contributed by atoms with Crippen LogP contribution in [0.4, 0.5) is 13.2 Å². The maximum absolute atomic E-state index is 12.5. The normalized spacial score (nSPS) is 11.9. The van der Waals surface area contributed by atoms with Crippen molar-refractivity contribution in [2.24, 2.45) is 0 Å². The van der Waals surface area contributed by atoms with Gasteiger partial charge in [-0.25, -0.2) is 9.97 Å². The van der Waals surface area contributed by atoms with Crippen LogP contribution in [0.25, 0.3) is 10.6 Å². The molecule has 7 heteroatoms. The summed E-state index contributed by atoms with van der Waals surface area (Å²) in [6, 6.07) is 2.24. The number of alkyl halides is 3. The van der Waals surface area contributed by atoms with E-state index in [-0.39, 0.29) is 5.15 Å². The Morgan fingerprint density at radius 2 is 1.95 bits per heavy atom. The fourth-order valence-corrected chi connectivity index (χ4v) is 2.95. The maximum atomic E-state index is 12.5. The van der Waals surface area contributed by atoms with Crippen molar-refractivity contribution in [3.8, 4) is 10.6 Å². The predicted octanol–water partition coefficient (Wildman–Crippen LogP) is 4.75. The highest BCUT2D eigenvalue weighted by molar-refractivity contribution is 7.15. The number of nitrogens with zero attached hydrogens (tertiary/aromatic N) is 2. The lowest BCUT2D eigenvalue weighted by molar-refractivity contribution is -0.141. The molecule has 2 heterocycles. The lowest BCUT2D eigenvalue weighted by Crippen LogP contribution is -2.07. The minimum absolute atomic E-state index is 0.175. The molecule has 2 rings (SSSR count). The van der Waals surface area contributed by atoms with Crippen molar-refractivity contribution in [3.05, 3.63) is 33.6 Å². The summed E-state index contributed by atoms with van der Waals surface area (Å²) in [6.45, 7) is 3.86. The van der Waals surface area contributed by atoms with Gasteiger partial charge in [-0.2, -0.15) is 13.2 Å². The second-order valence-corrected chi connectivity index (χ2v) is 5.36. The van der Waals surface area contributed by atoms with Crippen LogP contribution in [0.15, 0.2) is 12.1 Å². The average molecular weight is 307 g/mol. The van der Waals surface area contributed by atoms with Crippen molar-refractivity contribution < 1.29 is 13.2 Å². The molecule has 0 radical (unpaired) electrons. The molecule has 2 aromatic rings. The van der Waals surface area contributed by atoms with Gasteiger partial charge in [0.15, 0.2) is 0 Å². The van der Waals surface area contributed by atoms with Crippen molar-refractivity contribution in [2.75, 3.05) is 0 Å². The van der Waals surface area contributed by atoms with E-state index in [9.17, 15) is 13.2 Å². The molecule has 0 fully saturated rings. The molecule has 0 aliphatic rings. The Kier molecular flexibility index (Phi) is 3.82. The number of aromatic nitrogens is 2. The predicted molar refractivity (Wildman–Crippen MR) is 69.5 cm³/mol. The van der Waals surface area contributed by atoms with Crippen LogP contribution >= 0.6 is 22.9 Å². The molecule has 0 atom stereocenters. The lowest BCUT2D eigenvalue weighted by atomic mass is 10.2. The Labute approximate surface area is 117 Å². The van der Waals surface area contributed by atoms with E-state index in [2.05, 4.69) is 9.97 Å². The van der Waals surface area contributed by atoms with E-state index in [0.29, 0.717) is 10.6 Å². The van der Waals surface area contributed by atoms with Gasteiger partial charge in [0.2, 0.25) is 0 Å². The lowest BCUT2D eigenvalue weighted by Gasteiger charge is -2.07. The number of aryl methyl sites for hydroxylation is 2. The van der Waals surface area contributed by atoms with Crippen molar-refractivity contribution in [3.63, 3.8) is 0 Å². The summed E-state index contributed by atoms with van der Waals surface area (Å²) in [4.78, 5) is 8.80. The zero-order valence-corrected chi connectivity index (χ0v) is 11.7. The quantitative estimate of drug-likeness (QED) is 0.748. The van der Waals surface area contributed by atoms with Gasteiger partial charge in [0, 0.05) is 10.4 Å². The number of hydrogen-bond donors (Lipinski definition) is 0. The second-order valence-electron chi connectivity index (χ2n) is 3.91. The number of pyridine rings is 1. The summed E-state index contributed by atoms with van der Waals surface area (Å²) in [6.07, 6.45) is -3.66. The fourth-order valence-electron chi connectivity index (χ4n) is 1.62. The molecule has 2 nitrogen and oxygen atoms in total. The average Bonchev–Trinajstić information content (AvgIpc) is 2.69. The monoisotopic (exact) mass is 306 g/mol. The molecule has 0 aliphatic carbocycles. The summed E-state index contributed by atoms with van der Waals surface area (Å²) in [5.74, 6) is 0. The maximum Gasteiger partial charge on any atom is 0.433 e. The van der Waals surface area contributed by atoms with E-state index in [0.717, 1.165) is 23.1 Å². The number of thiazole rings is 1. The van der Waals surface area contributed by atoms with Gasteiger partial charge in [0.1, 0.15) is 15.9 Å². The molecule has 0 saturated carbocycles. The van der Waals surface area contributed by atoms with E-state index in [1.165, 1.54) is 17.4 Å². The van der Waals surface area contributed by atoms with Crippen LogP contribution in [0.3, 0.4) is 0 Å². The first-order chi connectivity index (χ1) is 8.82. The van der Waals surface area contributed by atoms with Crippen molar-refractivity contribution in [1.29, 1.82) is 0 Å². The highest BCUT2D eigenvalue weighted by Crippen LogP contribution is 2.35. The molecule has 0 saturated heterocycles. The number of hydrogen-bond acceptors (Lipinski definition) is 3. The Bertz CT molecular complexity index is 608. The van der Waals surface area contributed by atoms with Gasteiger partial charge in [-0.15, -0.1) is 11.3 Å². The second kappa shape index (κ2) is 5.09. The minimum atomic E-state index is -4.49. The summed E-state index contributed by atoms with van der Waals surface area (Å²) in [5.41, 5.74) is 0.311. The zero-order valence-electron chi connectivity index (χ0n) is 10.2. The molecule has 0 spiro atoms. The Balaban J connectivity index is 2.46. The van der Waals surface area contributed by atoms with Crippen molar-refractivity contribution >= 4 is 22.9 Å². The summed E-state index contributed by atoms with van der Waals surface area (Å²) >= 11 is 7.25. The van der Waals surface area contributed by atoms with E-state index in [1.807, 2.05) is 13.8 Å². The first-order valence-electron chi connectivity index (χ1n) is 5.53.